The molecule has 17 heavy (non-hydrogen) atoms. The summed E-state index contributed by atoms with van der Waals surface area (Å²) in [6.07, 6.45) is 3.28. The number of fused-ring (bicyclic) bond motifs is 2. The van der Waals surface area contributed by atoms with Crippen LogP contribution in [0.3, 0.4) is 0 Å². The van der Waals surface area contributed by atoms with Crippen molar-refractivity contribution in [2.75, 3.05) is 0 Å². The van der Waals surface area contributed by atoms with Crippen LogP contribution in [0.1, 0.15) is 40.0 Å². The first-order valence-electron chi connectivity index (χ1n) is 6.12. The van der Waals surface area contributed by atoms with Crippen LogP contribution in [0.25, 0.3) is 0 Å². The molecule has 0 amide bonds. The second-order valence-electron chi connectivity index (χ2n) is 6.18. The molecule has 2 rings (SSSR count). The lowest BCUT2D eigenvalue weighted by Crippen LogP contribution is -2.40. The molecule has 0 heterocycles. The molecule has 0 radical (unpaired) electrons. The van der Waals surface area contributed by atoms with Gasteiger partial charge in [0.05, 0.1) is 0 Å². The highest BCUT2D eigenvalue weighted by Gasteiger charge is 2.63. The fourth-order valence-electron chi connectivity index (χ4n) is 4.08. The zero-order chi connectivity index (χ0) is 12.8. The molecule has 2 aliphatic rings. The van der Waals surface area contributed by atoms with Gasteiger partial charge in [0.1, 0.15) is 10.7 Å². The van der Waals surface area contributed by atoms with Crippen LogP contribution >= 0.6 is 11.8 Å². The smallest absolute Gasteiger partial charge is 0.318 e. The van der Waals surface area contributed by atoms with Crippen molar-refractivity contribution in [3.63, 3.8) is 0 Å². The summed E-state index contributed by atoms with van der Waals surface area (Å²) in [5, 5.41) is 19.5. The molecule has 3 nitrogen and oxygen atoms in total. The maximum absolute atomic E-state index is 11.3. The number of hydrogen-bond acceptors (Lipinski definition) is 3. The van der Waals surface area contributed by atoms with E-state index < -0.39 is 11.2 Å². The number of rotatable bonds is 3. The molecular weight excluding hydrogens is 234 g/mol. The van der Waals surface area contributed by atoms with Crippen LogP contribution in [-0.2, 0) is 4.79 Å². The number of thioether (sulfide) groups is 1. The highest BCUT2D eigenvalue weighted by Crippen LogP contribution is 2.69. The summed E-state index contributed by atoms with van der Waals surface area (Å²) >= 11 is 0.927. The predicted octanol–water partition coefficient (Wildman–Crippen LogP) is 3.12. The Balaban J connectivity index is 2.31. The molecule has 2 saturated carbocycles. The summed E-state index contributed by atoms with van der Waals surface area (Å²) < 4.78 is 0. The molecular formula is C13H19NO2S. The molecule has 2 bridgehead atoms. The van der Waals surface area contributed by atoms with E-state index in [-0.39, 0.29) is 16.7 Å². The van der Waals surface area contributed by atoms with E-state index in [0.717, 1.165) is 24.6 Å². The Morgan fingerprint density at radius 2 is 2.18 bits per heavy atom. The zero-order valence-electron chi connectivity index (χ0n) is 10.6. The summed E-state index contributed by atoms with van der Waals surface area (Å²) in [7, 11) is 0. The zero-order valence-corrected chi connectivity index (χ0v) is 11.4. The van der Waals surface area contributed by atoms with Crippen LogP contribution in [0.15, 0.2) is 0 Å². The second kappa shape index (κ2) is 3.91. The fourth-order valence-corrected chi connectivity index (χ4v) is 4.87. The van der Waals surface area contributed by atoms with Crippen LogP contribution in [0.5, 0.6) is 0 Å². The van der Waals surface area contributed by atoms with Gasteiger partial charge in [-0.25, -0.2) is 0 Å². The molecule has 1 N–H and O–H groups in total. The lowest BCUT2D eigenvalue weighted by atomic mass is 9.66. The van der Waals surface area contributed by atoms with E-state index in [0.29, 0.717) is 5.92 Å². The van der Waals surface area contributed by atoms with Crippen molar-refractivity contribution >= 4 is 17.7 Å². The predicted molar refractivity (Wildman–Crippen MR) is 67.3 cm³/mol. The summed E-state index contributed by atoms with van der Waals surface area (Å²) in [5.74, 6) is -0.0665. The Kier molecular flexibility index (Phi) is 2.94. The van der Waals surface area contributed by atoms with Gasteiger partial charge in [-0.05, 0) is 53.7 Å². The molecule has 0 aromatic carbocycles. The highest BCUT2D eigenvalue weighted by atomic mass is 32.2. The van der Waals surface area contributed by atoms with Gasteiger partial charge in [-0.15, -0.1) is 0 Å². The minimum atomic E-state index is -0.828. The average Bonchev–Trinajstić information content (AvgIpc) is 2.57. The number of nitrogens with zero attached hydrogens (tertiary/aromatic N) is 1. The summed E-state index contributed by atoms with van der Waals surface area (Å²) in [6.45, 7) is 6.75. The van der Waals surface area contributed by atoms with Gasteiger partial charge in [-0.3, -0.25) is 4.79 Å². The van der Waals surface area contributed by atoms with Gasteiger partial charge < -0.3 is 5.11 Å². The SMILES string of the molecule is CC1(C)[C@@H]2CC[C@@]1(C)[C@H](C(SC#N)C(=O)O)C2. The van der Waals surface area contributed by atoms with Crippen molar-refractivity contribution in [2.24, 2.45) is 22.7 Å². The molecule has 0 aliphatic heterocycles. The summed E-state index contributed by atoms with van der Waals surface area (Å²) in [4.78, 5) is 11.3. The van der Waals surface area contributed by atoms with Crippen molar-refractivity contribution in [3.05, 3.63) is 0 Å². The van der Waals surface area contributed by atoms with E-state index >= 15 is 0 Å². The normalized spacial score (nSPS) is 39.9. The first kappa shape index (κ1) is 12.8. The van der Waals surface area contributed by atoms with E-state index in [1.54, 1.807) is 0 Å². The third kappa shape index (κ3) is 1.59. The first-order valence-corrected chi connectivity index (χ1v) is 7.00. The van der Waals surface area contributed by atoms with Crippen LogP contribution in [0.4, 0.5) is 0 Å². The molecule has 94 valence electrons. The molecule has 1 unspecified atom stereocenters. The molecule has 4 heteroatoms. The minimum Gasteiger partial charge on any atom is -0.480 e. The van der Waals surface area contributed by atoms with Crippen molar-refractivity contribution in [1.29, 1.82) is 5.26 Å². The lowest BCUT2D eigenvalue weighted by Gasteiger charge is -2.40. The van der Waals surface area contributed by atoms with E-state index in [4.69, 9.17) is 5.26 Å². The quantitative estimate of drug-likeness (QED) is 0.785. The highest BCUT2D eigenvalue weighted by molar-refractivity contribution is 8.04. The van der Waals surface area contributed by atoms with E-state index in [2.05, 4.69) is 20.8 Å². The molecule has 4 atom stereocenters. The Morgan fingerprint density at radius 3 is 2.53 bits per heavy atom. The Bertz CT molecular complexity index is 387. The topological polar surface area (TPSA) is 61.1 Å². The standard InChI is InChI=1S/C13H19NO2S/c1-12(2)8-4-5-13(12,3)9(6-8)10(11(15)16)17-7-14/h8-10H,4-6H2,1-3H3,(H,15,16)/t8-,9+,10?,13+/m1/s1. The first-order chi connectivity index (χ1) is 7.84. The van der Waals surface area contributed by atoms with Gasteiger partial charge in [0, 0.05) is 0 Å². The number of thiocyanates is 1. The van der Waals surface area contributed by atoms with E-state index in [9.17, 15) is 9.90 Å². The average molecular weight is 253 g/mol. The monoisotopic (exact) mass is 253 g/mol. The van der Waals surface area contributed by atoms with Crippen LogP contribution in [0.2, 0.25) is 0 Å². The number of hydrogen-bond donors (Lipinski definition) is 1. The van der Waals surface area contributed by atoms with Gasteiger partial charge in [0.15, 0.2) is 0 Å². The number of carbonyl (C=O) groups is 1. The van der Waals surface area contributed by atoms with Crippen LogP contribution < -0.4 is 0 Å². The molecule has 0 aromatic rings. The van der Waals surface area contributed by atoms with Crippen molar-refractivity contribution in [2.45, 2.75) is 45.3 Å². The lowest BCUT2D eigenvalue weighted by molar-refractivity contribution is -0.138. The Morgan fingerprint density at radius 1 is 1.53 bits per heavy atom. The van der Waals surface area contributed by atoms with Gasteiger partial charge in [-0.2, -0.15) is 5.26 Å². The third-order valence-electron chi connectivity index (χ3n) is 5.65. The molecule has 0 saturated heterocycles. The summed E-state index contributed by atoms with van der Waals surface area (Å²) in [5.41, 5.74) is 0.284. The number of carboxylic acid groups (broad SMARTS) is 1. The third-order valence-corrected chi connectivity index (χ3v) is 6.54. The molecule has 0 spiro atoms. The Labute approximate surface area is 107 Å². The van der Waals surface area contributed by atoms with E-state index in [1.807, 2.05) is 5.40 Å². The van der Waals surface area contributed by atoms with Crippen LogP contribution in [0, 0.1) is 33.3 Å². The van der Waals surface area contributed by atoms with Gasteiger partial charge in [0.2, 0.25) is 0 Å². The molecule has 2 fully saturated rings. The summed E-state index contributed by atoms with van der Waals surface area (Å²) in [6, 6.07) is 0. The fraction of sp³-hybridized carbons (Fsp3) is 0.846. The number of nitriles is 1. The Hall–Kier alpha value is -0.690. The van der Waals surface area contributed by atoms with Gasteiger partial charge in [0.25, 0.3) is 0 Å². The largest absolute Gasteiger partial charge is 0.480 e. The number of aliphatic carboxylic acids is 1. The second-order valence-corrected chi connectivity index (χ2v) is 7.11. The van der Waals surface area contributed by atoms with Crippen molar-refractivity contribution in [3.8, 4) is 5.40 Å². The maximum atomic E-state index is 11.3. The van der Waals surface area contributed by atoms with Gasteiger partial charge >= 0.3 is 5.97 Å². The molecule has 0 aromatic heterocycles. The maximum Gasteiger partial charge on any atom is 0.318 e. The number of carboxylic acids is 1. The van der Waals surface area contributed by atoms with Crippen molar-refractivity contribution < 1.29 is 9.90 Å². The van der Waals surface area contributed by atoms with Crippen molar-refractivity contribution in [1.82, 2.24) is 0 Å². The molecule has 2 aliphatic carbocycles. The van der Waals surface area contributed by atoms with Crippen LogP contribution in [-0.4, -0.2) is 16.3 Å². The minimum absolute atomic E-state index is 0.0740. The van der Waals surface area contributed by atoms with E-state index in [1.165, 1.54) is 6.42 Å². The van der Waals surface area contributed by atoms with Gasteiger partial charge in [-0.1, -0.05) is 20.8 Å².